The molecule has 1 aliphatic rings. The lowest BCUT2D eigenvalue weighted by atomic mass is 10.2. The van der Waals surface area contributed by atoms with E-state index in [0.717, 1.165) is 5.69 Å². The maximum Gasteiger partial charge on any atom is 0.417 e. The van der Waals surface area contributed by atoms with Gasteiger partial charge >= 0.3 is 12.2 Å². The van der Waals surface area contributed by atoms with Gasteiger partial charge in [-0.25, -0.2) is 9.59 Å². The van der Waals surface area contributed by atoms with E-state index in [9.17, 15) is 9.59 Å². The monoisotopic (exact) mass is 298 g/mol. The van der Waals surface area contributed by atoms with E-state index in [2.05, 4.69) is 5.32 Å². The van der Waals surface area contributed by atoms with E-state index in [1.54, 1.807) is 48.5 Å². The van der Waals surface area contributed by atoms with Crippen molar-refractivity contribution in [2.45, 2.75) is 0 Å². The summed E-state index contributed by atoms with van der Waals surface area (Å²) in [5, 5.41) is 2.62. The lowest BCUT2D eigenvalue weighted by Gasteiger charge is -2.13. The number of ether oxygens (including phenoxy) is 2. The molecule has 0 aliphatic carbocycles. The van der Waals surface area contributed by atoms with Gasteiger partial charge in [-0.15, -0.1) is 0 Å². The van der Waals surface area contributed by atoms with Gasteiger partial charge < -0.3 is 9.47 Å². The first-order chi connectivity index (χ1) is 10.7. The Morgan fingerprint density at radius 3 is 2.45 bits per heavy atom. The number of nitrogens with one attached hydrogen (secondary N) is 1. The quantitative estimate of drug-likeness (QED) is 0.944. The lowest BCUT2D eigenvalue weighted by Crippen LogP contribution is -2.23. The summed E-state index contributed by atoms with van der Waals surface area (Å²) in [6.07, 6.45) is -0.927. The SMILES string of the molecule is O=C(Nc1ccc(N2CCOC2=O)cc1)Oc1ccccc1. The highest BCUT2D eigenvalue weighted by Crippen LogP contribution is 2.21. The van der Waals surface area contributed by atoms with E-state index in [1.807, 2.05) is 6.07 Å². The molecule has 1 aliphatic heterocycles. The van der Waals surface area contributed by atoms with Crippen molar-refractivity contribution < 1.29 is 19.1 Å². The van der Waals surface area contributed by atoms with Crippen LogP contribution < -0.4 is 15.0 Å². The molecule has 1 N–H and O–H groups in total. The number of para-hydroxylation sites is 1. The number of hydrogen-bond donors (Lipinski definition) is 1. The summed E-state index contributed by atoms with van der Waals surface area (Å²) in [6.45, 7) is 0.921. The average molecular weight is 298 g/mol. The largest absolute Gasteiger partial charge is 0.447 e. The molecule has 0 radical (unpaired) electrons. The van der Waals surface area contributed by atoms with Crippen LogP contribution in [0.25, 0.3) is 0 Å². The fourth-order valence-corrected chi connectivity index (χ4v) is 2.09. The number of anilines is 2. The van der Waals surface area contributed by atoms with Crippen molar-refractivity contribution in [3.63, 3.8) is 0 Å². The molecule has 2 aromatic rings. The maximum atomic E-state index is 11.8. The summed E-state index contributed by atoms with van der Waals surface area (Å²) in [5.74, 6) is 0.469. The van der Waals surface area contributed by atoms with E-state index < -0.39 is 6.09 Å². The van der Waals surface area contributed by atoms with Gasteiger partial charge in [0, 0.05) is 11.4 Å². The van der Waals surface area contributed by atoms with E-state index in [1.165, 1.54) is 4.90 Å². The number of cyclic esters (lactones) is 1. The Morgan fingerprint density at radius 1 is 1.09 bits per heavy atom. The Bertz CT molecular complexity index is 670. The summed E-state index contributed by atoms with van der Waals surface area (Å²) in [6, 6.07) is 15.7. The molecule has 3 rings (SSSR count). The number of rotatable bonds is 3. The van der Waals surface area contributed by atoms with Crippen molar-refractivity contribution in [2.75, 3.05) is 23.4 Å². The molecule has 0 unspecified atom stereocenters. The minimum Gasteiger partial charge on any atom is -0.447 e. The molecule has 0 bridgehead atoms. The lowest BCUT2D eigenvalue weighted by molar-refractivity contribution is 0.181. The van der Waals surface area contributed by atoms with Gasteiger partial charge in [-0.05, 0) is 36.4 Å². The smallest absolute Gasteiger partial charge is 0.417 e. The Labute approximate surface area is 127 Å². The first-order valence-corrected chi connectivity index (χ1v) is 6.80. The molecule has 6 heteroatoms. The molecule has 6 nitrogen and oxygen atoms in total. The summed E-state index contributed by atoms with van der Waals surface area (Å²) in [4.78, 5) is 24.7. The third kappa shape index (κ3) is 3.17. The van der Waals surface area contributed by atoms with Crippen LogP contribution in [-0.4, -0.2) is 25.3 Å². The molecule has 0 saturated carbocycles. The normalized spacial score (nSPS) is 13.6. The van der Waals surface area contributed by atoms with E-state index in [0.29, 0.717) is 24.6 Å². The number of benzene rings is 2. The van der Waals surface area contributed by atoms with Crippen molar-refractivity contribution in [3.8, 4) is 5.75 Å². The van der Waals surface area contributed by atoms with Crippen LogP contribution in [0.15, 0.2) is 54.6 Å². The molecule has 0 aromatic heterocycles. The highest BCUT2D eigenvalue weighted by Gasteiger charge is 2.23. The van der Waals surface area contributed by atoms with Gasteiger partial charge in [0.25, 0.3) is 0 Å². The number of hydrogen-bond acceptors (Lipinski definition) is 4. The molecule has 1 fully saturated rings. The Hall–Kier alpha value is -3.02. The third-order valence-corrected chi connectivity index (χ3v) is 3.14. The predicted molar refractivity (Wildman–Crippen MR) is 81.2 cm³/mol. The van der Waals surface area contributed by atoms with Crippen LogP contribution in [0.3, 0.4) is 0 Å². The van der Waals surface area contributed by atoms with Crippen molar-refractivity contribution in [3.05, 3.63) is 54.6 Å². The predicted octanol–water partition coefficient (Wildman–Crippen LogP) is 3.25. The van der Waals surface area contributed by atoms with Crippen LogP contribution in [0.1, 0.15) is 0 Å². The molecular weight excluding hydrogens is 284 g/mol. The minimum absolute atomic E-state index is 0.357. The van der Waals surface area contributed by atoms with Gasteiger partial charge in [-0.1, -0.05) is 18.2 Å². The van der Waals surface area contributed by atoms with Crippen LogP contribution in [0.5, 0.6) is 5.75 Å². The average Bonchev–Trinajstić information content (AvgIpc) is 2.95. The topological polar surface area (TPSA) is 67.9 Å². The van der Waals surface area contributed by atoms with Gasteiger partial charge in [0.15, 0.2) is 0 Å². The fraction of sp³-hybridized carbons (Fsp3) is 0.125. The van der Waals surface area contributed by atoms with Crippen LogP contribution in [0, 0.1) is 0 Å². The number of carbonyl (C=O) groups is 2. The van der Waals surface area contributed by atoms with Gasteiger partial charge in [-0.2, -0.15) is 0 Å². The third-order valence-electron chi connectivity index (χ3n) is 3.14. The summed E-state index contributed by atoms with van der Waals surface area (Å²) in [7, 11) is 0. The zero-order valence-corrected chi connectivity index (χ0v) is 11.7. The van der Waals surface area contributed by atoms with Crippen molar-refractivity contribution >= 4 is 23.6 Å². The van der Waals surface area contributed by atoms with Crippen LogP contribution >= 0.6 is 0 Å². The maximum absolute atomic E-state index is 11.8. The first kappa shape index (κ1) is 13.9. The standard InChI is InChI=1S/C16H14N2O4/c19-15(22-14-4-2-1-3-5-14)17-12-6-8-13(9-7-12)18-10-11-21-16(18)20/h1-9H,10-11H2,(H,17,19). The molecule has 2 aromatic carbocycles. The number of carbonyl (C=O) groups excluding carboxylic acids is 2. The van der Waals surface area contributed by atoms with Gasteiger partial charge in [0.2, 0.25) is 0 Å². The van der Waals surface area contributed by atoms with Gasteiger partial charge in [0.1, 0.15) is 12.4 Å². The molecule has 22 heavy (non-hydrogen) atoms. The number of nitrogens with zero attached hydrogens (tertiary/aromatic N) is 1. The Kier molecular flexibility index (Phi) is 3.91. The van der Waals surface area contributed by atoms with Crippen molar-refractivity contribution in [1.29, 1.82) is 0 Å². The fourth-order valence-electron chi connectivity index (χ4n) is 2.09. The minimum atomic E-state index is -0.570. The molecule has 2 amide bonds. The highest BCUT2D eigenvalue weighted by atomic mass is 16.6. The van der Waals surface area contributed by atoms with Gasteiger partial charge in [-0.3, -0.25) is 10.2 Å². The molecule has 0 spiro atoms. The Morgan fingerprint density at radius 2 is 1.82 bits per heavy atom. The summed E-state index contributed by atoms with van der Waals surface area (Å²) in [5.41, 5.74) is 1.31. The Balaban J connectivity index is 1.61. The second-order valence-electron chi connectivity index (χ2n) is 4.64. The van der Waals surface area contributed by atoms with Crippen LogP contribution in [0.4, 0.5) is 21.0 Å². The second-order valence-corrected chi connectivity index (χ2v) is 4.64. The summed E-state index contributed by atoms with van der Waals surface area (Å²) < 4.78 is 10.0. The van der Waals surface area contributed by atoms with E-state index in [-0.39, 0.29) is 6.09 Å². The molecular formula is C16H14N2O4. The molecule has 1 heterocycles. The zero-order valence-electron chi connectivity index (χ0n) is 11.7. The van der Waals surface area contributed by atoms with Crippen LogP contribution in [0.2, 0.25) is 0 Å². The second kappa shape index (κ2) is 6.17. The van der Waals surface area contributed by atoms with E-state index >= 15 is 0 Å². The van der Waals surface area contributed by atoms with Crippen LogP contribution in [-0.2, 0) is 4.74 Å². The van der Waals surface area contributed by atoms with Crippen molar-refractivity contribution in [2.24, 2.45) is 0 Å². The van der Waals surface area contributed by atoms with Crippen molar-refractivity contribution in [1.82, 2.24) is 0 Å². The zero-order chi connectivity index (χ0) is 15.4. The number of amides is 2. The molecule has 0 atom stereocenters. The molecule has 1 saturated heterocycles. The van der Waals surface area contributed by atoms with E-state index in [4.69, 9.17) is 9.47 Å². The summed E-state index contributed by atoms with van der Waals surface area (Å²) >= 11 is 0. The molecule has 112 valence electrons. The first-order valence-electron chi connectivity index (χ1n) is 6.80. The van der Waals surface area contributed by atoms with Gasteiger partial charge in [0.05, 0.1) is 6.54 Å². The highest BCUT2D eigenvalue weighted by molar-refractivity contribution is 5.90.